The van der Waals surface area contributed by atoms with Crippen LogP contribution < -0.4 is 11.1 Å². The van der Waals surface area contributed by atoms with Gasteiger partial charge in [-0.2, -0.15) is 0 Å². The Bertz CT molecular complexity index is 530. The van der Waals surface area contributed by atoms with Crippen molar-refractivity contribution < 1.29 is 9.18 Å². The largest absolute Gasteiger partial charge is 0.392 e. The molecule has 0 aliphatic rings. The van der Waals surface area contributed by atoms with Gasteiger partial charge < -0.3 is 11.1 Å². The van der Waals surface area contributed by atoms with Gasteiger partial charge in [-0.05, 0) is 31.0 Å². The normalized spacial score (nSPS) is 11.2. The molecule has 0 radical (unpaired) electrons. The summed E-state index contributed by atoms with van der Waals surface area (Å²) in [7, 11) is 0. The average Bonchev–Trinajstić information content (AvgIpc) is 2.42. The van der Waals surface area contributed by atoms with Gasteiger partial charge >= 0.3 is 0 Å². The Balaban J connectivity index is 3.11. The van der Waals surface area contributed by atoms with E-state index in [0.717, 1.165) is 12.8 Å². The molecule has 0 saturated heterocycles. The van der Waals surface area contributed by atoms with Crippen molar-refractivity contribution in [2.24, 2.45) is 11.1 Å². The van der Waals surface area contributed by atoms with Gasteiger partial charge in [0.15, 0.2) is 0 Å². The number of nitrogens with two attached hydrogens (primary N) is 1. The van der Waals surface area contributed by atoms with Gasteiger partial charge in [0.05, 0.1) is 16.1 Å². The molecule has 3 nitrogen and oxygen atoms in total. The van der Waals surface area contributed by atoms with Crippen LogP contribution in [0.3, 0.4) is 0 Å². The van der Waals surface area contributed by atoms with Crippen LogP contribution in [-0.2, 0) is 4.79 Å². The molecule has 3 N–H and O–H groups in total. The van der Waals surface area contributed by atoms with Crippen molar-refractivity contribution in [3.63, 3.8) is 0 Å². The number of amides is 1. The van der Waals surface area contributed by atoms with Crippen LogP contribution in [0.5, 0.6) is 0 Å². The molecule has 0 aromatic heterocycles. The summed E-state index contributed by atoms with van der Waals surface area (Å²) in [4.78, 5) is 12.8. The van der Waals surface area contributed by atoms with Gasteiger partial charge in [-0.1, -0.05) is 54.8 Å². The number of rotatable bonds is 7. The first-order valence-electron chi connectivity index (χ1n) is 6.93. The van der Waals surface area contributed by atoms with Crippen molar-refractivity contribution in [2.75, 3.05) is 5.32 Å². The average molecular weight is 375 g/mol. The molecule has 1 rings (SSSR count). The second-order valence-electron chi connectivity index (χ2n) is 5.02. The third-order valence-corrected chi connectivity index (χ3v) is 4.32. The highest BCUT2D eigenvalue weighted by molar-refractivity contribution is 9.10. The van der Waals surface area contributed by atoms with Crippen LogP contribution in [0.25, 0.3) is 0 Å². The maximum atomic E-state index is 13.8. The quantitative estimate of drug-likeness (QED) is 0.695. The number of carbonyl (C=O) groups is 1. The molecule has 0 atom stereocenters. The zero-order chi connectivity index (χ0) is 16.0. The summed E-state index contributed by atoms with van der Waals surface area (Å²) >= 11 is 8.38. The van der Waals surface area contributed by atoms with E-state index in [1.54, 1.807) is 6.07 Å². The second-order valence-corrected chi connectivity index (χ2v) is 6.38. The van der Waals surface area contributed by atoms with E-state index in [0.29, 0.717) is 17.3 Å². The number of carbonyl (C=O) groups excluding carboxylic acids is 1. The zero-order valence-corrected chi connectivity index (χ0v) is 14.6. The fraction of sp³-hybridized carbons (Fsp3) is 0.467. The molecule has 0 heterocycles. The second kappa shape index (κ2) is 7.84. The Morgan fingerprint density at radius 1 is 1.38 bits per heavy atom. The van der Waals surface area contributed by atoms with Crippen molar-refractivity contribution in [3.05, 3.63) is 28.5 Å². The first-order chi connectivity index (χ1) is 9.87. The number of hydrogen-bond donors (Lipinski definition) is 2. The maximum Gasteiger partial charge on any atom is 0.237 e. The summed E-state index contributed by atoms with van der Waals surface area (Å²) in [5.74, 6) is -0.827. The van der Waals surface area contributed by atoms with E-state index in [2.05, 4.69) is 21.2 Å². The number of anilines is 1. The van der Waals surface area contributed by atoms with Crippen molar-refractivity contribution >= 4 is 44.7 Å². The number of hydrogen-bond acceptors (Lipinski definition) is 2. The van der Waals surface area contributed by atoms with E-state index in [1.807, 2.05) is 13.8 Å². The van der Waals surface area contributed by atoms with E-state index >= 15 is 0 Å². The smallest absolute Gasteiger partial charge is 0.237 e. The van der Waals surface area contributed by atoms with E-state index in [9.17, 15) is 9.18 Å². The summed E-state index contributed by atoms with van der Waals surface area (Å²) in [6.45, 7) is 3.94. The minimum Gasteiger partial charge on any atom is -0.392 e. The third kappa shape index (κ3) is 4.23. The van der Waals surface area contributed by atoms with Crippen LogP contribution in [0.4, 0.5) is 10.1 Å². The van der Waals surface area contributed by atoms with Gasteiger partial charge in [0, 0.05) is 4.47 Å². The van der Waals surface area contributed by atoms with Gasteiger partial charge in [-0.15, -0.1) is 0 Å². The molecule has 21 heavy (non-hydrogen) atoms. The molecule has 6 heteroatoms. The van der Waals surface area contributed by atoms with Crippen LogP contribution in [0, 0.1) is 11.2 Å². The Labute approximate surface area is 138 Å². The monoisotopic (exact) mass is 374 g/mol. The Kier molecular flexibility index (Phi) is 6.74. The van der Waals surface area contributed by atoms with Crippen LogP contribution in [0.15, 0.2) is 22.7 Å². The number of halogens is 2. The molecule has 0 saturated carbocycles. The van der Waals surface area contributed by atoms with E-state index in [1.165, 1.54) is 12.1 Å². The Morgan fingerprint density at radius 2 is 1.95 bits per heavy atom. The fourth-order valence-corrected chi connectivity index (χ4v) is 3.06. The molecule has 116 valence electrons. The van der Waals surface area contributed by atoms with Crippen molar-refractivity contribution in [3.8, 4) is 0 Å². The zero-order valence-electron chi connectivity index (χ0n) is 12.2. The third-order valence-electron chi connectivity index (χ3n) is 3.44. The van der Waals surface area contributed by atoms with Crippen molar-refractivity contribution in [1.82, 2.24) is 0 Å². The summed E-state index contributed by atoms with van der Waals surface area (Å²) < 4.78 is 14.5. The van der Waals surface area contributed by atoms with Crippen molar-refractivity contribution in [2.45, 2.75) is 39.5 Å². The molecule has 0 unspecified atom stereocenters. The molecule has 0 bridgehead atoms. The summed E-state index contributed by atoms with van der Waals surface area (Å²) in [5.41, 5.74) is 5.04. The molecule has 1 amide bonds. The lowest BCUT2D eigenvalue weighted by molar-refractivity contribution is -0.122. The molecular formula is C15H20BrFN2OS. The Morgan fingerprint density at radius 3 is 2.43 bits per heavy atom. The van der Waals surface area contributed by atoms with Gasteiger partial charge in [0.1, 0.15) is 5.82 Å². The van der Waals surface area contributed by atoms with E-state index < -0.39 is 11.2 Å². The van der Waals surface area contributed by atoms with E-state index in [4.69, 9.17) is 18.0 Å². The van der Waals surface area contributed by atoms with Gasteiger partial charge in [-0.3, -0.25) is 4.79 Å². The van der Waals surface area contributed by atoms with Gasteiger partial charge in [0.2, 0.25) is 5.91 Å². The SMILES string of the molecule is CCCC(CCC)(C(=O)Nc1cc(Br)ccc1F)C(N)=S. The topological polar surface area (TPSA) is 55.1 Å². The fourth-order valence-electron chi connectivity index (χ4n) is 2.40. The number of nitrogens with one attached hydrogen (secondary N) is 1. The van der Waals surface area contributed by atoms with Crippen LogP contribution in [-0.4, -0.2) is 10.9 Å². The maximum absolute atomic E-state index is 13.8. The molecular weight excluding hydrogens is 355 g/mol. The molecule has 1 aromatic rings. The molecule has 0 fully saturated rings. The molecule has 1 aromatic carbocycles. The lowest BCUT2D eigenvalue weighted by atomic mass is 9.78. The minimum absolute atomic E-state index is 0.127. The van der Waals surface area contributed by atoms with E-state index in [-0.39, 0.29) is 16.6 Å². The van der Waals surface area contributed by atoms with Gasteiger partial charge in [-0.25, -0.2) is 4.39 Å². The molecule has 0 aliphatic carbocycles. The first-order valence-corrected chi connectivity index (χ1v) is 8.14. The summed E-state index contributed by atoms with van der Waals surface area (Å²) in [5, 5.41) is 2.63. The minimum atomic E-state index is -0.923. The summed E-state index contributed by atoms with van der Waals surface area (Å²) in [6, 6.07) is 4.39. The highest BCUT2D eigenvalue weighted by Crippen LogP contribution is 2.33. The highest BCUT2D eigenvalue weighted by Gasteiger charge is 2.40. The van der Waals surface area contributed by atoms with Crippen molar-refractivity contribution in [1.29, 1.82) is 0 Å². The lowest BCUT2D eigenvalue weighted by Gasteiger charge is -2.31. The molecule has 0 spiro atoms. The first kappa shape index (κ1) is 18.0. The highest BCUT2D eigenvalue weighted by atomic mass is 79.9. The lowest BCUT2D eigenvalue weighted by Crippen LogP contribution is -2.46. The predicted octanol–water partition coefficient (Wildman–Crippen LogP) is 4.40. The van der Waals surface area contributed by atoms with Crippen LogP contribution in [0.2, 0.25) is 0 Å². The number of thiocarbonyl (C=S) groups is 1. The predicted molar refractivity (Wildman–Crippen MR) is 91.8 cm³/mol. The Hall–Kier alpha value is -1.01. The standard InChI is InChI=1S/C15H20BrFN2OS/c1-3-7-15(8-4-2,13(18)21)14(20)19-12-9-10(16)5-6-11(12)17/h5-6,9H,3-4,7-8H2,1-2H3,(H2,18,21)(H,19,20). The van der Waals surface area contributed by atoms with Crippen LogP contribution in [0.1, 0.15) is 39.5 Å². The van der Waals surface area contributed by atoms with Crippen LogP contribution >= 0.6 is 28.1 Å². The number of benzene rings is 1. The summed E-state index contributed by atoms with van der Waals surface area (Å²) in [6.07, 6.45) is 2.65. The van der Waals surface area contributed by atoms with Gasteiger partial charge in [0.25, 0.3) is 0 Å². The molecule has 0 aliphatic heterocycles.